The monoisotopic (exact) mass is 264 g/mol. The minimum Gasteiger partial charge on any atom is -0.497 e. The smallest absolute Gasteiger partial charge is 0.159 e. The van der Waals surface area contributed by atoms with Crippen molar-refractivity contribution in [1.29, 1.82) is 0 Å². The Morgan fingerprint density at radius 1 is 0.950 bits per heavy atom. The summed E-state index contributed by atoms with van der Waals surface area (Å²) in [6, 6.07) is 10.6. The van der Waals surface area contributed by atoms with E-state index < -0.39 is 0 Å². The van der Waals surface area contributed by atoms with E-state index in [4.69, 9.17) is 4.74 Å². The Bertz CT molecular complexity index is 768. The van der Waals surface area contributed by atoms with Gasteiger partial charge in [0.25, 0.3) is 0 Å². The molecule has 2 heteroatoms. The quantitative estimate of drug-likeness (QED) is 0.780. The predicted molar refractivity (Wildman–Crippen MR) is 80.0 cm³/mol. The molecule has 0 bridgehead atoms. The molecule has 2 aliphatic carbocycles. The lowest BCUT2D eigenvalue weighted by molar-refractivity contribution is -0.115. The average molecular weight is 264 g/mol. The normalized spacial score (nSPS) is 17.4. The second-order valence-corrected chi connectivity index (χ2v) is 5.56. The summed E-state index contributed by atoms with van der Waals surface area (Å²) in [7, 11) is 1.70. The number of fused-ring (bicyclic) bond motifs is 4. The second-order valence-electron chi connectivity index (χ2n) is 5.56. The fourth-order valence-electron chi connectivity index (χ4n) is 3.60. The number of rotatable bonds is 1. The summed E-state index contributed by atoms with van der Waals surface area (Å²) in [6.45, 7) is 0. The van der Waals surface area contributed by atoms with Crippen molar-refractivity contribution in [3.8, 4) is 5.75 Å². The molecular formula is C18H16O2. The number of methoxy groups -OCH3 is 1. The van der Waals surface area contributed by atoms with Crippen LogP contribution in [-0.4, -0.2) is 12.9 Å². The third-order valence-corrected chi connectivity index (χ3v) is 4.59. The molecule has 0 radical (unpaired) electrons. The zero-order valence-corrected chi connectivity index (χ0v) is 11.5. The first-order chi connectivity index (χ1) is 9.78. The van der Waals surface area contributed by atoms with Gasteiger partial charge in [-0.25, -0.2) is 0 Å². The van der Waals surface area contributed by atoms with E-state index in [9.17, 15) is 4.79 Å². The highest BCUT2D eigenvalue weighted by molar-refractivity contribution is 6.09. The van der Waals surface area contributed by atoms with Crippen molar-refractivity contribution in [2.45, 2.75) is 25.7 Å². The van der Waals surface area contributed by atoms with Crippen LogP contribution in [0.2, 0.25) is 0 Å². The molecule has 20 heavy (non-hydrogen) atoms. The standard InChI is InChI=1S/C18H16O2/c1-20-12-3-5-13-11(10-12)2-4-15-14(13)6-7-17-16(15)8-9-18(17)19/h2-5,10H,6-9H2,1H3. The van der Waals surface area contributed by atoms with Crippen LogP contribution in [0.1, 0.15) is 30.4 Å². The number of carbonyl (C=O) groups excluding carboxylic acids is 1. The number of Topliss-reactive ketones (excluding diaryl/α,β-unsaturated/α-hetero) is 1. The minimum absolute atomic E-state index is 0.362. The maximum Gasteiger partial charge on any atom is 0.159 e. The Morgan fingerprint density at radius 2 is 1.80 bits per heavy atom. The zero-order valence-electron chi connectivity index (χ0n) is 11.5. The van der Waals surface area contributed by atoms with Gasteiger partial charge < -0.3 is 4.74 Å². The third kappa shape index (κ3) is 1.54. The highest BCUT2D eigenvalue weighted by atomic mass is 16.5. The van der Waals surface area contributed by atoms with Crippen molar-refractivity contribution >= 4 is 22.1 Å². The lowest BCUT2D eigenvalue weighted by atomic mass is 9.84. The van der Waals surface area contributed by atoms with E-state index in [0.29, 0.717) is 12.2 Å². The first kappa shape index (κ1) is 11.7. The van der Waals surface area contributed by atoms with Gasteiger partial charge in [-0.15, -0.1) is 0 Å². The van der Waals surface area contributed by atoms with Crippen molar-refractivity contribution in [3.63, 3.8) is 0 Å². The van der Waals surface area contributed by atoms with Crippen molar-refractivity contribution in [1.82, 2.24) is 0 Å². The molecule has 0 aliphatic heterocycles. The van der Waals surface area contributed by atoms with E-state index in [1.165, 1.54) is 27.5 Å². The summed E-state index contributed by atoms with van der Waals surface area (Å²) < 4.78 is 5.30. The first-order valence-electron chi connectivity index (χ1n) is 7.13. The van der Waals surface area contributed by atoms with Gasteiger partial charge in [-0.3, -0.25) is 4.79 Å². The summed E-state index contributed by atoms with van der Waals surface area (Å²) in [4.78, 5) is 11.9. The summed E-state index contributed by atoms with van der Waals surface area (Å²) in [5.41, 5.74) is 5.09. The van der Waals surface area contributed by atoms with Crippen LogP contribution in [0.4, 0.5) is 0 Å². The van der Waals surface area contributed by atoms with Gasteiger partial charge >= 0.3 is 0 Å². The fourth-order valence-corrected chi connectivity index (χ4v) is 3.60. The Morgan fingerprint density at radius 3 is 2.65 bits per heavy atom. The molecule has 0 heterocycles. The van der Waals surface area contributed by atoms with Crippen LogP contribution >= 0.6 is 0 Å². The largest absolute Gasteiger partial charge is 0.497 e. The van der Waals surface area contributed by atoms with E-state index in [-0.39, 0.29) is 0 Å². The van der Waals surface area contributed by atoms with Crippen LogP contribution in [0.25, 0.3) is 16.3 Å². The topological polar surface area (TPSA) is 26.3 Å². The molecule has 0 fully saturated rings. The molecule has 0 amide bonds. The van der Waals surface area contributed by atoms with E-state index in [0.717, 1.165) is 30.6 Å². The molecule has 100 valence electrons. The number of hydrogen-bond acceptors (Lipinski definition) is 2. The SMILES string of the molecule is COc1ccc2c3c(ccc2c1)C1=C(CC3)C(=O)CC1. The van der Waals surface area contributed by atoms with Gasteiger partial charge in [-0.2, -0.15) is 0 Å². The highest BCUT2D eigenvalue weighted by Crippen LogP contribution is 2.42. The number of ether oxygens (including phenoxy) is 1. The van der Waals surface area contributed by atoms with Crippen LogP contribution < -0.4 is 4.74 Å². The average Bonchev–Trinajstić information content (AvgIpc) is 2.88. The number of benzene rings is 2. The summed E-state index contributed by atoms with van der Waals surface area (Å²) >= 11 is 0. The number of aryl methyl sites for hydroxylation is 1. The van der Waals surface area contributed by atoms with Crippen molar-refractivity contribution < 1.29 is 9.53 Å². The maximum absolute atomic E-state index is 11.9. The molecule has 2 aromatic carbocycles. The first-order valence-corrected chi connectivity index (χ1v) is 7.13. The molecule has 0 aromatic heterocycles. The van der Waals surface area contributed by atoms with Crippen LogP contribution in [0.5, 0.6) is 5.75 Å². The fraction of sp³-hybridized carbons (Fsp3) is 0.278. The Kier molecular flexibility index (Phi) is 2.46. The summed E-state index contributed by atoms with van der Waals surface area (Å²) in [5, 5.41) is 2.52. The lowest BCUT2D eigenvalue weighted by Crippen LogP contribution is -2.06. The highest BCUT2D eigenvalue weighted by Gasteiger charge is 2.29. The molecule has 0 N–H and O–H groups in total. The van der Waals surface area contributed by atoms with E-state index in [1.807, 2.05) is 6.07 Å². The van der Waals surface area contributed by atoms with Crippen LogP contribution in [-0.2, 0) is 11.2 Å². The van der Waals surface area contributed by atoms with Gasteiger partial charge in [0.15, 0.2) is 5.78 Å². The van der Waals surface area contributed by atoms with Gasteiger partial charge in [0.05, 0.1) is 7.11 Å². The minimum atomic E-state index is 0.362. The second kappa shape index (κ2) is 4.20. The molecule has 4 rings (SSSR count). The lowest BCUT2D eigenvalue weighted by Gasteiger charge is -2.20. The molecule has 0 unspecified atom stereocenters. The van der Waals surface area contributed by atoms with Gasteiger partial charge in [0, 0.05) is 6.42 Å². The number of allylic oxidation sites excluding steroid dienone is 2. The van der Waals surface area contributed by atoms with Crippen molar-refractivity contribution in [2.75, 3.05) is 7.11 Å². The number of ketones is 1. The molecular weight excluding hydrogens is 248 g/mol. The van der Waals surface area contributed by atoms with Gasteiger partial charge in [-0.1, -0.05) is 18.2 Å². The summed E-state index contributed by atoms with van der Waals surface area (Å²) in [5.74, 6) is 1.25. The zero-order chi connectivity index (χ0) is 13.7. The van der Waals surface area contributed by atoms with Crippen LogP contribution in [0.3, 0.4) is 0 Å². The Labute approximate surface area is 118 Å². The number of hydrogen-bond donors (Lipinski definition) is 0. The van der Waals surface area contributed by atoms with E-state index >= 15 is 0 Å². The molecule has 0 atom stereocenters. The molecule has 2 nitrogen and oxygen atoms in total. The maximum atomic E-state index is 11.9. The van der Waals surface area contributed by atoms with E-state index in [2.05, 4.69) is 24.3 Å². The van der Waals surface area contributed by atoms with Crippen molar-refractivity contribution in [2.24, 2.45) is 0 Å². The Balaban J connectivity index is 1.96. The Hall–Kier alpha value is -2.09. The van der Waals surface area contributed by atoms with Gasteiger partial charge in [0.2, 0.25) is 0 Å². The predicted octanol–water partition coefficient (Wildman–Crippen LogP) is 3.91. The molecule has 2 aliphatic rings. The number of carbonyl (C=O) groups is 1. The van der Waals surface area contributed by atoms with Crippen LogP contribution in [0.15, 0.2) is 35.9 Å². The van der Waals surface area contributed by atoms with Gasteiger partial charge in [-0.05, 0) is 64.4 Å². The van der Waals surface area contributed by atoms with Gasteiger partial charge in [0.1, 0.15) is 5.75 Å². The molecule has 0 saturated carbocycles. The van der Waals surface area contributed by atoms with E-state index in [1.54, 1.807) is 7.11 Å². The molecule has 2 aromatic rings. The molecule has 0 spiro atoms. The molecule has 0 saturated heterocycles. The third-order valence-electron chi connectivity index (χ3n) is 4.59. The van der Waals surface area contributed by atoms with Crippen molar-refractivity contribution in [3.05, 3.63) is 47.0 Å². The van der Waals surface area contributed by atoms with Crippen LogP contribution in [0, 0.1) is 0 Å². The summed E-state index contributed by atoms with van der Waals surface area (Å²) in [6.07, 6.45) is 3.50.